The molecule has 1 nitrogen and oxygen atoms in total. The molecule has 1 aliphatic rings. The van der Waals surface area contributed by atoms with Gasteiger partial charge in [-0.15, -0.1) is 5.76 Å². The molecular formula is C12H13NaO. The van der Waals surface area contributed by atoms with Gasteiger partial charge in [0, 0.05) is 0 Å². The van der Waals surface area contributed by atoms with Gasteiger partial charge in [-0.1, -0.05) is 44.2 Å². The molecule has 14 heavy (non-hydrogen) atoms. The van der Waals surface area contributed by atoms with Gasteiger partial charge in [-0.3, -0.25) is 0 Å². The van der Waals surface area contributed by atoms with Crippen LogP contribution in [0.5, 0.6) is 0 Å². The Morgan fingerprint density at radius 3 is 2.50 bits per heavy atom. The monoisotopic (exact) mass is 196 g/mol. The molecule has 2 rings (SSSR count). The predicted octanol–water partition coefficient (Wildman–Crippen LogP) is -0.927. The molecule has 1 aromatic rings. The van der Waals surface area contributed by atoms with Gasteiger partial charge in [0.1, 0.15) is 0 Å². The molecule has 0 amide bonds. The standard InChI is InChI=1S/C12H14O.Na/c1-12(2)8-7-11(13)9-5-3-4-6-10(9)12;/h3-7,13H,8H2,1-2H3;/q;+1/p-1. The van der Waals surface area contributed by atoms with Gasteiger partial charge in [-0.25, -0.2) is 0 Å². The molecule has 68 valence electrons. The molecule has 1 aliphatic carbocycles. The van der Waals surface area contributed by atoms with Crippen molar-refractivity contribution in [1.29, 1.82) is 0 Å². The second-order valence-corrected chi connectivity index (χ2v) is 4.20. The third kappa shape index (κ3) is 1.90. The van der Waals surface area contributed by atoms with Crippen LogP contribution in [-0.4, -0.2) is 0 Å². The van der Waals surface area contributed by atoms with Crippen molar-refractivity contribution < 1.29 is 34.7 Å². The van der Waals surface area contributed by atoms with Crippen molar-refractivity contribution in [1.82, 2.24) is 0 Å². The van der Waals surface area contributed by atoms with Crippen LogP contribution < -0.4 is 34.7 Å². The van der Waals surface area contributed by atoms with Crippen LogP contribution in [0.3, 0.4) is 0 Å². The van der Waals surface area contributed by atoms with E-state index in [4.69, 9.17) is 0 Å². The number of rotatable bonds is 0. The van der Waals surface area contributed by atoms with E-state index in [1.54, 1.807) is 6.08 Å². The van der Waals surface area contributed by atoms with Crippen molar-refractivity contribution in [2.24, 2.45) is 0 Å². The third-order valence-corrected chi connectivity index (χ3v) is 2.72. The van der Waals surface area contributed by atoms with Crippen LogP contribution in [0.4, 0.5) is 0 Å². The first-order valence-electron chi connectivity index (χ1n) is 4.58. The van der Waals surface area contributed by atoms with Gasteiger partial charge in [0.25, 0.3) is 0 Å². The molecule has 0 saturated heterocycles. The SMILES string of the molecule is CC1(C)CC=C([O-])c2ccccc21.[Na+]. The van der Waals surface area contributed by atoms with Gasteiger partial charge in [0.15, 0.2) is 0 Å². The first-order chi connectivity index (χ1) is 6.11. The topological polar surface area (TPSA) is 23.1 Å². The van der Waals surface area contributed by atoms with Crippen LogP contribution in [0.1, 0.15) is 31.4 Å². The summed E-state index contributed by atoms with van der Waals surface area (Å²) < 4.78 is 0. The zero-order valence-corrected chi connectivity index (χ0v) is 11.0. The van der Waals surface area contributed by atoms with Crippen LogP contribution in [0.2, 0.25) is 0 Å². The predicted molar refractivity (Wildman–Crippen MR) is 52.1 cm³/mol. The summed E-state index contributed by atoms with van der Waals surface area (Å²) in [6.07, 6.45) is 2.64. The van der Waals surface area contributed by atoms with Crippen LogP contribution in [-0.2, 0) is 5.41 Å². The fourth-order valence-corrected chi connectivity index (χ4v) is 1.86. The zero-order valence-electron chi connectivity index (χ0n) is 9.00. The van der Waals surface area contributed by atoms with Gasteiger partial charge < -0.3 is 5.11 Å². The van der Waals surface area contributed by atoms with Crippen LogP contribution in [0.25, 0.3) is 5.76 Å². The quantitative estimate of drug-likeness (QED) is 0.492. The molecule has 0 heterocycles. The normalized spacial score (nSPS) is 17.7. The van der Waals surface area contributed by atoms with E-state index in [-0.39, 0.29) is 40.7 Å². The molecule has 0 aliphatic heterocycles. The molecular weight excluding hydrogens is 183 g/mol. The number of allylic oxidation sites excluding steroid dienone is 1. The molecule has 0 atom stereocenters. The molecule has 0 bridgehead atoms. The maximum Gasteiger partial charge on any atom is 1.00 e. The molecule has 0 saturated carbocycles. The summed E-state index contributed by atoms with van der Waals surface area (Å²) in [4.78, 5) is 0. The average Bonchev–Trinajstić information content (AvgIpc) is 2.13. The first-order valence-corrected chi connectivity index (χ1v) is 4.58. The van der Waals surface area contributed by atoms with Gasteiger partial charge >= 0.3 is 29.6 Å². The Bertz CT molecular complexity index is 366. The van der Waals surface area contributed by atoms with Gasteiger partial charge in [0.2, 0.25) is 0 Å². The molecule has 2 heteroatoms. The minimum absolute atomic E-state index is 0. The summed E-state index contributed by atoms with van der Waals surface area (Å²) in [5, 5.41) is 11.5. The number of hydrogen-bond acceptors (Lipinski definition) is 1. The largest absolute Gasteiger partial charge is 1.00 e. The van der Waals surface area contributed by atoms with Crippen molar-refractivity contribution in [3.63, 3.8) is 0 Å². The maximum absolute atomic E-state index is 11.5. The Kier molecular flexibility index (Phi) is 3.46. The Morgan fingerprint density at radius 1 is 1.21 bits per heavy atom. The average molecular weight is 196 g/mol. The molecule has 1 aromatic carbocycles. The second-order valence-electron chi connectivity index (χ2n) is 4.20. The number of fused-ring (bicyclic) bond motifs is 1. The fraction of sp³-hybridized carbons (Fsp3) is 0.333. The van der Waals surface area contributed by atoms with Gasteiger partial charge in [0.05, 0.1) is 0 Å². The van der Waals surface area contributed by atoms with E-state index >= 15 is 0 Å². The summed E-state index contributed by atoms with van der Waals surface area (Å²) in [7, 11) is 0. The Hall–Kier alpha value is -0.240. The first kappa shape index (κ1) is 11.8. The van der Waals surface area contributed by atoms with Crippen molar-refractivity contribution >= 4 is 5.76 Å². The molecule has 0 unspecified atom stereocenters. The minimum Gasteiger partial charge on any atom is -0.872 e. The van der Waals surface area contributed by atoms with Gasteiger partial charge in [-0.05, 0) is 23.0 Å². The van der Waals surface area contributed by atoms with E-state index in [9.17, 15) is 5.11 Å². The van der Waals surface area contributed by atoms with Crippen molar-refractivity contribution in [2.45, 2.75) is 25.7 Å². The fourth-order valence-electron chi connectivity index (χ4n) is 1.86. The summed E-state index contributed by atoms with van der Waals surface area (Å²) in [5.74, 6) is 0.176. The molecule has 0 aromatic heterocycles. The molecule has 0 N–H and O–H groups in total. The second kappa shape index (κ2) is 4.09. The summed E-state index contributed by atoms with van der Waals surface area (Å²) in [6, 6.07) is 7.89. The Morgan fingerprint density at radius 2 is 1.86 bits per heavy atom. The molecule has 0 radical (unpaired) electrons. The van der Waals surface area contributed by atoms with Crippen LogP contribution in [0, 0.1) is 0 Å². The zero-order chi connectivity index (χ0) is 9.47. The van der Waals surface area contributed by atoms with Gasteiger partial charge in [-0.2, -0.15) is 0 Å². The van der Waals surface area contributed by atoms with Crippen molar-refractivity contribution in [3.05, 3.63) is 41.5 Å². The summed E-state index contributed by atoms with van der Waals surface area (Å²) in [6.45, 7) is 4.35. The summed E-state index contributed by atoms with van der Waals surface area (Å²) in [5.41, 5.74) is 2.17. The van der Waals surface area contributed by atoms with Crippen LogP contribution in [0.15, 0.2) is 30.3 Å². The van der Waals surface area contributed by atoms with E-state index < -0.39 is 0 Å². The Labute approximate surface area is 107 Å². The van der Waals surface area contributed by atoms with E-state index in [1.165, 1.54) is 5.56 Å². The Balaban J connectivity index is 0.000000980. The van der Waals surface area contributed by atoms with E-state index in [0.29, 0.717) is 0 Å². The van der Waals surface area contributed by atoms with Crippen molar-refractivity contribution in [2.75, 3.05) is 0 Å². The number of hydrogen-bond donors (Lipinski definition) is 0. The number of benzene rings is 1. The van der Waals surface area contributed by atoms with E-state index in [2.05, 4.69) is 19.9 Å². The third-order valence-electron chi connectivity index (χ3n) is 2.72. The maximum atomic E-state index is 11.5. The summed E-state index contributed by atoms with van der Waals surface area (Å²) >= 11 is 0. The smallest absolute Gasteiger partial charge is 0.872 e. The minimum atomic E-state index is 0. The molecule has 0 spiro atoms. The van der Waals surface area contributed by atoms with E-state index in [0.717, 1.165) is 12.0 Å². The van der Waals surface area contributed by atoms with Crippen molar-refractivity contribution in [3.8, 4) is 0 Å². The van der Waals surface area contributed by atoms with E-state index in [1.807, 2.05) is 18.2 Å². The van der Waals surface area contributed by atoms with Crippen LogP contribution >= 0.6 is 0 Å². The molecule has 0 fully saturated rings.